The van der Waals surface area contributed by atoms with Gasteiger partial charge in [0.05, 0.1) is 0 Å². The van der Waals surface area contributed by atoms with Gasteiger partial charge in [-0.1, -0.05) is 33.9 Å². The molecule has 0 bridgehead atoms. The number of halogens is 1. The van der Waals surface area contributed by atoms with Crippen LogP contribution in [-0.2, 0) is 0 Å². The van der Waals surface area contributed by atoms with Gasteiger partial charge in [0.1, 0.15) is 5.54 Å². The molecule has 0 spiro atoms. The van der Waals surface area contributed by atoms with Crippen molar-refractivity contribution in [1.82, 2.24) is 5.32 Å². The number of nitrogens with one attached hydrogen (secondary N) is 1. The zero-order chi connectivity index (χ0) is 14.8. The Labute approximate surface area is 126 Å². The standard InChI is InChI=1S/C14H18BrN3O2/c1-9-8-10(15)4-5-11(9)12(19)17-14(13(16)18-20)6-2-3-7-14/h4-5,8,20H,2-3,6-7H2,1H3,(H2,16,18)(H,17,19). The number of hydrogen-bond acceptors (Lipinski definition) is 3. The van der Waals surface area contributed by atoms with Crippen LogP contribution < -0.4 is 11.1 Å². The maximum absolute atomic E-state index is 12.4. The average molecular weight is 340 g/mol. The highest BCUT2D eigenvalue weighted by Crippen LogP contribution is 2.30. The van der Waals surface area contributed by atoms with Crippen LogP contribution in [0.5, 0.6) is 0 Å². The third-order valence-corrected chi connectivity index (χ3v) is 4.33. The van der Waals surface area contributed by atoms with Gasteiger partial charge in [0.25, 0.3) is 5.91 Å². The first-order valence-corrected chi connectivity index (χ1v) is 7.34. The Kier molecular flexibility index (Phi) is 4.32. The highest BCUT2D eigenvalue weighted by atomic mass is 79.9. The molecular formula is C14H18BrN3O2. The van der Waals surface area contributed by atoms with Crippen molar-refractivity contribution in [3.63, 3.8) is 0 Å². The molecule has 108 valence electrons. The monoisotopic (exact) mass is 339 g/mol. The van der Waals surface area contributed by atoms with Gasteiger partial charge < -0.3 is 16.3 Å². The lowest BCUT2D eigenvalue weighted by atomic mass is 9.95. The van der Waals surface area contributed by atoms with Gasteiger partial charge in [-0.2, -0.15) is 0 Å². The molecule has 2 rings (SSSR count). The third kappa shape index (κ3) is 2.80. The zero-order valence-corrected chi connectivity index (χ0v) is 12.9. The maximum atomic E-state index is 12.4. The second kappa shape index (κ2) is 5.83. The lowest BCUT2D eigenvalue weighted by Gasteiger charge is -2.29. The highest BCUT2D eigenvalue weighted by molar-refractivity contribution is 9.10. The van der Waals surface area contributed by atoms with E-state index in [-0.39, 0.29) is 11.7 Å². The fraction of sp³-hybridized carbons (Fsp3) is 0.429. The summed E-state index contributed by atoms with van der Waals surface area (Å²) in [7, 11) is 0. The van der Waals surface area contributed by atoms with Crippen LogP contribution in [0.3, 0.4) is 0 Å². The van der Waals surface area contributed by atoms with Gasteiger partial charge in [-0.25, -0.2) is 0 Å². The van der Waals surface area contributed by atoms with Crippen LogP contribution in [-0.4, -0.2) is 22.5 Å². The molecule has 1 saturated carbocycles. The minimum absolute atomic E-state index is 0.0816. The molecule has 1 aromatic rings. The molecule has 0 atom stereocenters. The van der Waals surface area contributed by atoms with Crippen molar-refractivity contribution in [2.24, 2.45) is 10.9 Å². The summed E-state index contributed by atoms with van der Waals surface area (Å²) in [5, 5.41) is 15.0. The molecule has 0 radical (unpaired) electrons. The van der Waals surface area contributed by atoms with Gasteiger partial charge in [0.15, 0.2) is 5.84 Å². The van der Waals surface area contributed by atoms with Gasteiger partial charge in [-0.05, 0) is 43.5 Å². The van der Waals surface area contributed by atoms with Crippen molar-refractivity contribution in [2.75, 3.05) is 0 Å². The van der Waals surface area contributed by atoms with Gasteiger partial charge in [0.2, 0.25) is 0 Å². The van der Waals surface area contributed by atoms with Crippen LogP contribution >= 0.6 is 15.9 Å². The van der Waals surface area contributed by atoms with Crippen LogP contribution in [0.4, 0.5) is 0 Å². The molecule has 6 heteroatoms. The molecule has 5 nitrogen and oxygen atoms in total. The number of nitrogens with two attached hydrogens (primary N) is 1. The Hall–Kier alpha value is -1.56. The summed E-state index contributed by atoms with van der Waals surface area (Å²) < 4.78 is 0.929. The van der Waals surface area contributed by atoms with E-state index in [1.54, 1.807) is 6.07 Å². The van der Waals surface area contributed by atoms with E-state index < -0.39 is 5.54 Å². The SMILES string of the molecule is Cc1cc(Br)ccc1C(=O)NC1(/C(N)=N/O)CCCC1. The first-order chi connectivity index (χ1) is 9.48. The maximum Gasteiger partial charge on any atom is 0.252 e. The number of benzene rings is 1. The summed E-state index contributed by atoms with van der Waals surface area (Å²) in [4.78, 5) is 12.4. The number of hydrogen-bond donors (Lipinski definition) is 3. The largest absolute Gasteiger partial charge is 0.409 e. The first-order valence-electron chi connectivity index (χ1n) is 6.55. The van der Waals surface area contributed by atoms with E-state index in [0.29, 0.717) is 18.4 Å². The summed E-state index contributed by atoms with van der Waals surface area (Å²) >= 11 is 3.37. The Bertz CT molecular complexity index is 551. The molecule has 1 aliphatic rings. The normalized spacial score (nSPS) is 18.0. The molecule has 0 heterocycles. The molecule has 1 aliphatic carbocycles. The van der Waals surface area contributed by atoms with Crippen molar-refractivity contribution >= 4 is 27.7 Å². The van der Waals surface area contributed by atoms with Crippen molar-refractivity contribution in [3.05, 3.63) is 33.8 Å². The summed E-state index contributed by atoms with van der Waals surface area (Å²) in [6.45, 7) is 1.88. The van der Waals surface area contributed by atoms with Crippen LogP contribution in [0.25, 0.3) is 0 Å². The molecule has 1 aromatic carbocycles. The van der Waals surface area contributed by atoms with Crippen LogP contribution in [0.2, 0.25) is 0 Å². The Morgan fingerprint density at radius 2 is 2.10 bits per heavy atom. The molecule has 0 unspecified atom stereocenters. The average Bonchev–Trinajstić information content (AvgIpc) is 2.87. The van der Waals surface area contributed by atoms with E-state index in [4.69, 9.17) is 10.9 Å². The number of aryl methyl sites for hydroxylation is 1. The number of oxime groups is 1. The minimum Gasteiger partial charge on any atom is -0.409 e. The molecule has 0 aromatic heterocycles. The molecule has 0 aliphatic heterocycles. The van der Waals surface area contributed by atoms with Gasteiger partial charge in [-0.15, -0.1) is 0 Å². The van der Waals surface area contributed by atoms with E-state index in [0.717, 1.165) is 22.9 Å². The predicted octanol–water partition coefficient (Wildman–Crippen LogP) is 2.55. The second-order valence-electron chi connectivity index (χ2n) is 5.19. The number of amides is 1. The highest BCUT2D eigenvalue weighted by Gasteiger charge is 2.40. The molecular weight excluding hydrogens is 322 g/mol. The lowest BCUT2D eigenvalue weighted by Crippen LogP contribution is -2.55. The third-order valence-electron chi connectivity index (χ3n) is 3.84. The Morgan fingerprint density at radius 3 is 2.65 bits per heavy atom. The van der Waals surface area contributed by atoms with Crippen LogP contribution in [0.15, 0.2) is 27.8 Å². The zero-order valence-electron chi connectivity index (χ0n) is 11.3. The fourth-order valence-corrected chi connectivity index (χ4v) is 3.16. The van der Waals surface area contributed by atoms with Gasteiger partial charge >= 0.3 is 0 Å². The van der Waals surface area contributed by atoms with Crippen molar-refractivity contribution in [1.29, 1.82) is 0 Å². The van der Waals surface area contributed by atoms with Crippen LogP contribution in [0.1, 0.15) is 41.6 Å². The summed E-state index contributed by atoms with van der Waals surface area (Å²) in [6.07, 6.45) is 3.31. The second-order valence-corrected chi connectivity index (χ2v) is 6.10. The van der Waals surface area contributed by atoms with E-state index in [9.17, 15) is 4.79 Å². The number of nitrogens with zero attached hydrogens (tertiary/aromatic N) is 1. The fourth-order valence-electron chi connectivity index (χ4n) is 2.69. The smallest absolute Gasteiger partial charge is 0.252 e. The minimum atomic E-state index is -0.717. The van der Waals surface area contributed by atoms with E-state index in [2.05, 4.69) is 26.4 Å². The van der Waals surface area contributed by atoms with E-state index >= 15 is 0 Å². The van der Waals surface area contributed by atoms with Crippen LogP contribution in [0, 0.1) is 6.92 Å². The summed E-state index contributed by atoms with van der Waals surface area (Å²) in [5.41, 5.74) is 6.54. The molecule has 4 N–H and O–H groups in total. The van der Waals surface area contributed by atoms with E-state index in [1.165, 1.54) is 0 Å². The lowest BCUT2D eigenvalue weighted by molar-refractivity contribution is 0.0922. The summed E-state index contributed by atoms with van der Waals surface area (Å²) in [5.74, 6) is -0.110. The number of rotatable bonds is 3. The molecule has 1 fully saturated rings. The molecule has 0 saturated heterocycles. The number of amidine groups is 1. The quantitative estimate of drug-likeness (QED) is 0.342. The number of carbonyl (C=O) groups is 1. The molecule has 1 amide bonds. The Balaban J connectivity index is 2.25. The van der Waals surface area contributed by atoms with Gasteiger partial charge in [0, 0.05) is 10.0 Å². The first kappa shape index (κ1) is 14.8. The topological polar surface area (TPSA) is 87.7 Å². The van der Waals surface area contributed by atoms with E-state index in [1.807, 2.05) is 19.1 Å². The van der Waals surface area contributed by atoms with Crippen molar-refractivity contribution in [2.45, 2.75) is 38.1 Å². The Morgan fingerprint density at radius 1 is 1.45 bits per heavy atom. The van der Waals surface area contributed by atoms with Crippen molar-refractivity contribution < 1.29 is 10.0 Å². The van der Waals surface area contributed by atoms with Gasteiger partial charge in [-0.3, -0.25) is 4.79 Å². The predicted molar refractivity (Wildman–Crippen MR) is 81.0 cm³/mol. The van der Waals surface area contributed by atoms with Crippen molar-refractivity contribution in [3.8, 4) is 0 Å². The number of carbonyl (C=O) groups excluding carboxylic acids is 1. The molecule has 20 heavy (non-hydrogen) atoms. The summed E-state index contributed by atoms with van der Waals surface area (Å²) in [6, 6.07) is 5.48.